The highest BCUT2D eigenvalue weighted by Crippen LogP contribution is 2.31. The Balaban J connectivity index is 0.000000409. The number of halogens is 3. The lowest BCUT2D eigenvalue weighted by Crippen LogP contribution is -2.23. The molecule has 1 aliphatic heterocycles. The largest absolute Gasteiger partial charge is 0.473 e. The van der Waals surface area contributed by atoms with E-state index in [9.17, 15) is 13.2 Å². The molecule has 0 amide bonds. The first kappa shape index (κ1) is 21.2. The van der Waals surface area contributed by atoms with Gasteiger partial charge in [-0.05, 0) is 66.9 Å². The van der Waals surface area contributed by atoms with Crippen LogP contribution in [0.4, 0.5) is 13.2 Å². The Morgan fingerprint density at radius 2 is 1.32 bits per heavy atom. The van der Waals surface area contributed by atoms with Crippen molar-refractivity contribution in [2.24, 2.45) is 0 Å². The van der Waals surface area contributed by atoms with E-state index >= 15 is 0 Å². The van der Waals surface area contributed by atoms with E-state index in [4.69, 9.17) is 19.8 Å². The predicted molar refractivity (Wildman–Crippen MR) is 96.2 cm³/mol. The zero-order valence-corrected chi connectivity index (χ0v) is 14.7. The Morgan fingerprint density at radius 3 is 1.82 bits per heavy atom. The van der Waals surface area contributed by atoms with E-state index in [1.165, 1.54) is 23.8 Å². The van der Waals surface area contributed by atoms with E-state index in [0.717, 1.165) is 43.1 Å². The molecule has 0 aromatic heterocycles. The van der Waals surface area contributed by atoms with Gasteiger partial charge in [0.2, 0.25) is 0 Å². The monoisotopic (exact) mass is 393 g/mol. The third kappa shape index (κ3) is 5.68. The van der Waals surface area contributed by atoms with E-state index in [0.29, 0.717) is 5.56 Å². The number of carboxylic acid groups (broad SMARTS) is 2. The molecule has 0 bridgehead atoms. The van der Waals surface area contributed by atoms with Crippen molar-refractivity contribution in [1.82, 2.24) is 5.32 Å². The summed E-state index contributed by atoms with van der Waals surface area (Å²) in [6.07, 6.45) is 1.68. The Kier molecular flexibility index (Phi) is 7.34. The lowest BCUT2D eigenvalue weighted by atomic mass is 9.89. The fourth-order valence-electron chi connectivity index (χ4n) is 2.82. The number of piperidine rings is 1. The second-order valence-corrected chi connectivity index (χ2v) is 5.97. The first-order valence-corrected chi connectivity index (χ1v) is 8.40. The van der Waals surface area contributed by atoms with Crippen molar-refractivity contribution >= 4 is 17.5 Å². The second-order valence-electron chi connectivity index (χ2n) is 5.97. The number of carboxylic acids is 2. The molecule has 1 saturated heterocycles. The molecule has 0 spiro atoms. The number of aliphatic carboxylic acids is 2. The van der Waals surface area contributed by atoms with Crippen LogP contribution in [0.1, 0.15) is 24.0 Å². The highest BCUT2D eigenvalue weighted by atomic mass is 19.2. The summed E-state index contributed by atoms with van der Waals surface area (Å²) >= 11 is 0. The van der Waals surface area contributed by atoms with Crippen LogP contribution in [0, 0.1) is 17.5 Å². The van der Waals surface area contributed by atoms with Crippen LogP contribution in [0.3, 0.4) is 0 Å². The molecule has 0 aliphatic carbocycles. The molecule has 1 fully saturated rings. The van der Waals surface area contributed by atoms with Crippen molar-refractivity contribution < 1.29 is 33.0 Å². The molecule has 148 valence electrons. The van der Waals surface area contributed by atoms with Crippen LogP contribution in [0.15, 0.2) is 48.0 Å². The molecule has 3 rings (SSSR count). The molecule has 0 saturated carbocycles. The van der Waals surface area contributed by atoms with Gasteiger partial charge >= 0.3 is 11.9 Å². The fraction of sp³-hybridized carbons (Fsp3) is 0.200. The van der Waals surface area contributed by atoms with Crippen LogP contribution in [-0.4, -0.2) is 35.2 Å². The molecular weight excluding hydrogens is 375 g/mol. The lowest BCUT2D eigenvalue weighted by Gasteiger charge is -2.21. The van der Waals surface area contributed by atoms with Crippen LogP contribution in [0.2, 0.25) is 0 Å². The number of nitrogens with one attached hydrogen (secondary N) is 1. The van der Waals surface area contributed by atoms with E-state index in [2.05, 4.69) is 5.32 Å². The number of hydrogen-bond donors (Lipinski definition) is 3. The van der Waals surface area contributed by atoms with Gasteiger partial charge in [-0.3, -0.25) is 0 Å². The normalized spacial score (nSPS) is 13.3. The van der Waals surface area contributed by atoms with Gasteiger partial charge in [-0.2, -0.15) is 0 Å². The molecule has 8 heteroatoms. The minimum atomic E-state index is -1.82. The van der Waals surface area contributed by atoms with E-state index in [1.54, 1.807) is 18.2 Å². The smallest absolute Gasteiger partial charge is 0.414 e. The lowest BCUT2D eigenvalue weighted by molar-refractivity contribution is -0.159. The van der Waals surface area contributed by atoms with Crippen molar-refractivity contribution in [3.8, 4) is 0 Å². The number of rotatable bonds is 2. The number of carbonyl (C=O) groups is 2. The van der Waals surface area contributed by atoms with Gasteiger partial charge in [-0.25, -0.2) is 22.8 Å². The maximum absolute atomic E-state index is 13.6. The third-order valence-corrected chi connectivity index (χ3v) is 4.08. The molecule has 3 N–H and O–H groups in total. The minimum Gasteiger partial charge on any atom is -0.473 e. The van der Waals surface area contributed by atoms with E-state index in [1.807, 2.05) is 0 Å². The first-order chi connectivity index (χ1) is 13.3. The van der Waals surface area contributed by atoms with Crippen LogP contribution < -0.4 is 5.32 Å². The average Bonchev–Trinajstić information content (AvgIpc) is 2.67. The van der Waals surface area contributed by atoms with Crippen molar-refractivity contribution in [1.29, 1.82) is 0 Å². The van der Waals surface area contributed by atoms with Gasteiger partial charge in [-0.15, -0.1) is 0 Å². The third-order valence-electron chi connectivity index (χ3n) is 4.08. The van der Waals surface area contributed by atoms with Gasteiger partial charge in [0.05, 0.1) is 0 Å². The summed E-state index contributed by atoms with van der Waals surface area (Å²) in [6, 6.07) is 10.1. The molecule has 1 heterocycles. The maximum Gasteiger partial charge on any atom is 0.414 e. The van der Waals surface area contributed by atoms with Gasteiger partial charge in [0, 0.05) is 0 Å². The average molecular weight is 393 g/mol. The predicted octanol–water partition coefficient (Wildman–Crippen LogP) is 3.44. The van der Waals surface area contributed by atoms with Gasteiger partial charge < -0.3 is 15.5 Å². The topological polar surface area (TPSA) is 86.6 Å². The van der Waals surface area contributed by atoms with Crippen molar-refractivity contribution in [2.75, 3.05) is 13.1 Å². The molecule has 0 atom stereocenters. The molecule has 2 aromatic rings. The SMILES string of the molecule is Fc1ccc(C(=C2CCNCC2)c2ccc(F)c(F)c2)cc1.O=C(O)C(=O)O. The van der Waals surface area contributed by atoms with Crippen molar-refractivity contribution in [3.63, 3.8) is 0 Å². The summed E-state index contributed by atoms with van der Waals surface area (Å²) in [6.45, 7) is 1.70. The Morgan fingerprint density at radius 1 is 0.786 bits per heavy atom. The van der Waals surface area contributed by atoms with Crippen molar-refractivity contribution in [2.45, 2.75) is 12.8 Å². The van der Waals surface area contributed by atoms with Crippen LogP contribution in [0.5, 0.6) is 0 Å². The summed E-state index contributed by atoms with van der Waals surface area (Å²) in [5, 5.41) is 18.1. The van der Waals surface area contributed by atoms with Crippen LogP contribution in [0.25, 0.3) is 5.57 Å². The zero-order valence-electron chi connectivity index (χ0n) is 14.7. The molecule has 5 nitrogen and oxygen atoms in total. The van der Waals surface area contributed by atoms with Gasteiger partial charge in [0.15, 0.2) is 11.6 Å². The molecule has 2 aromatic carbocycles. The molecule has 0 unspecified atom stereocenters. The summed E-state index contributed by atoms with van der Waals surface area (Å²) in [5.41, 5.74) is 3.50. The highest BCUT2D eigenvalue weighted by Gasteiger charge is 2.16. The summed E-state index contributed by atoms with van der Waals surface area (Å²) < 4.78 is 40.0. The quantitative estimate of drug-likeness (QED) is 0.681. The van der Waals surface area contributed by atoms with Gasteiger partial charge in [0.25, 0.3) is 0 Å². The van der Waals surface area contributed by atoms with Crippen LogP contribution >= 0.6 is 0 Å². The summed E-state index contributed by atoms with van der Waals surface area (Å²) in [4.78, 5) is 18.2. The maximum atomic E-state index is 13.6. The molecular formula is C20H18F3NO4. The highest BCUT2D eigenvalue weighted by molar-refractivity contribution is 6.27. The second kappa shape index (κ2) is 9.70. The molecule has 1 aliphatic rings. The van der Waals surface area contributed by atoms with Crippen LogP contribution in [-0.2, 0) is 9.59 Å². The Bertz CT molecular complexity index is 875. The summed E-state index contributed by atoms with van der Waals surface area (Å²) in [7, 11) is 0. The van der Waals surface area contributed by atoms with E-state index in [-0.39, 0.29) is 5.82 Å². The number of hydrogen-bond acceptors (Lipinski definition) is 3. The minimum absolute atomic E-state index is 0.316. The standard InChI is InChI=1S/C18H16F3N.C2H2O4/c19-15-4-1-12(2-5-15)18(13-7-9-22-10-8-13)14-3-6-16(20)17(21)11-14;3-1(4)2(5)6/h1-6,11,22H,7-10H2;(H,3,4)(H,5,6). The first-order valence-electron chi connectivity index (χ1n) is 8.40. The van der Waals surface area contributed by atoms with Gasteiger partial charge in [0.1, 0.15) is 5.82 Å². The molecule has 0 radical (unpaired) electrons. The summed E-state index contributed by atoms with van der Waals surface area (Å²) in [5.74, 6) is -5.70. The zero-order chi connectivity index (χ0) is 20.7. The van der Waals surface area contributed by atoms with Crippen molar-refractivity contribution in [3.05, 3.63) is 76.6 Å². The number of benzene rings is 2. The Labute approximate surface area is 159 Å². The fourth-order valence-corrected chi connectivity index (χ4v) is 2.82. The Hall–Kier alpha value is -3.13. The van der Waals surface area contributed by atoms with Gasteiger partial charge in [-0.1, -0.05) is 23.8 Å². The molecule has 28 heavy (non-hydrogen) atoms. The van der Waals surface area contributed by atoms with E-state index < -0.39 is 23.6 Å².